The van der Waals surface area contributed by atoms with Gasteiger partial charge in [-0.1, -0.05) is 30.3 Å². The van der Waals surface area contributed by atoms with Crippen molar-refractivity contribution in [1.82, 2.24) is 4.90 Å². The predicted octanol–water partition coefficient (Wildman–Crippen LogP) is 1.38. The minimum absolute atomic E-state index is 0.00367. The van der Waals surface area contributed by atoms with Gasteiger partial charge in [-0.05, 0) is 45.2 Å². The van der Waals surface area contributed by atoms with Crippen molar-refractivity contribution in [3.63, 3.8) is 0 Å². The Hall–Kier alpha value is -1.96. The van der Waals surface area contributed by atoms with Crippen molar-refractivity contribution in [3.05, 3.63) is 35.9 Å². The number of aliphatic hydroxyl groups excluding tert-OH is 2. The van der Waals surface area contributed by atoms with Gasteiger partial charge in [0.05, 0.1) is 6.61 Å². The van der Waals surface area contributed by atoms with Crippen molar-refractivity contribution >= 4 is 11.9 Å². The molecule has 0 aromatic heterocycles. The molecule has 7 nitrogen and oxygen atoms in total. The third-order valence-corrected chi connectivity index (χ3v) is 5.36. The number of esters is 1. The Labute approximate surface area is 159 Å². The average molecular weight is 379 g/mol. The van der Waals surface area contributed by atoms with E-state index in [-0.39, 0.29) is 18.7 Å². The molecule has 7 heteroatoms. The molecule has 2 aliphatic heterocycles. The number of hydrogen-bond acceptors (Lipinski definition) is 6. The molecule has 2 bridgehead atoms. The maximum atomic E-state index is 12.4. The van der Waals surface area contributed by atoms with Gasteiger partial charge in [0.25, 0.3) is 0 Å². The number of benzene rings is 1. The first-order valence-electron chi connectivity index (χ1n) is 9.32. The van der Waals surface area contributed by atoms with Crippen LogP contribution in [0.4, 0.5) is 0 Å². The van der Waals surface area contributed by atoms with Gasteiger partial charge in [0.1, 0.15) is 18.1 Å². The molecule has 0 radical (unpaired) electrons. The molecule has 5 atom stereocenters. The molecule has 2 fully saturated rings. The Morgan fingerprint density at radius 1 is 1.19 bits per heavy atom. The van der Waals surface area contributed by atoms with Gasteiger partial charge in [-0.15, -0.1) is 0 Å². The summed E-state index contributed by atoms with van der Waals surface area (Å²) in [6.07, 6.45) is 3.03. The zero-order valence-electron chi connectivity index (χ0n) is 15.8. The number of nitrogens with zero attached hydrogens (tertiary/aromatic N) is 1. The van der Waals surface area contributed by atoms with Gasteiger partial charge in [-0.25, -0.2) is 4.79 Å². The van der Waals surface area contributed by atoms with Gasteiger partial charge < -0.3 is 25.0 Å². The zero-order valence-corrected chi connectivity index (χ0v) is 15.8. The fourth-order valence-electron chi connectivity index (χ4n) is 3.71. The number of piperidine rings is 1. The van der Waals surface area contributed by atoms with Gasteiger partial charge in [0, 0.05) is 12.1 Å². The lowest BCUT2D eigenvalue weighted by Gasteiger charge is -2.36. The summed E-state index contributed by atoms with van der Waals surface area (Å²) in [7, 11) is 2.17. The summed E-state index contributed by atoms with van der Waals surface area (Å²) in [5, 5.41) is 25.3. The van der Waals surface area contributed by atoms with Gasteiger partial charge in [-0.2, -0.15) is 0 Å². The van der Waals surface area contributed by atoms with Crippen LogP contribution in [0.15, 0.2) is 30.3 Å². The molecule has 27 heavy (non-hydrogen) atoms. The van der Waals surface area contributed by atoms with Gasteiger partial charge in [0.2, 0.25) is 0 Å². The number of fused-ring (bicyclic) bond motifs is 2. The van der Waals surface area contributed by atoms with E-state index >= 15 is 0 Å². The molecule has 2 heterocycles. The Morgan fingerprint density at radius 3 is 2.15 bits per heavy atom. The first kappa shape index (κ1) is 21.3. The molecule has 0 saturated carbocycles. The molecule has 1 aromatic rings. The third kappa shape index (κ3) is 5.76. The number of carboxylic acids is 1. The summed E-state index contributed by atoms with van der Waals surface area (Å²) in [6.45, 7) is 0.991. The summed E-state index contributed by atoms with van der Waals surface area (Å²) < 4.78 is 5.70. The lowest BCUT2D eigenvalue weighted by atomic mass is 9.98. The highest BCUT2D eigenvalue weighted by molar-refractivity contribution is 5.78. The molecule has 2 saturated heterocycles. The van der Waals surface area contributed by atoms with Crippen LogP contribution in [-0.4, -0.2) is 70.1 Å². The fourth-order valence-corrected chi connectivity index (χ4v) is 3.71. The number of aliphatic hydroxyl groups is 2. The normalized spacial score (nSPS) is 26.4. The molecule has 0 amide bonds. The topological polar surface area (TPSA) is 107 Å². The molecule has 150 valence electrons. The molecule has 2 aliphatic rings. The number of aliphatic carboxylic acids is 1. The first-order valence-corrected chi connectivity index (χ1v) is 9.32. The van der Waals surface area contributed by atoms with Crippen molar-refractivity contribution in [2.75, 3.05) is 13.7 Å². The van der Waals surface area contributed by atoms with Crippen molar-refractivity contribution < 1.29 is 29.6 Å². The maximum Gasteiger partial charge on any atom is 0.332 e. The van der Waals surface area contributed by atoms with E-state index in [1.165, 1.54) is 19.8 Å². The molecule has 0 spiro atoms. The highest BCUT2D eigenvalue weighted by atomic mass is 16.5. The Bertz CT molecular complexity index is 606. The molecule has 3 rings (SSSR count). The molecule has 3 N–H and O–H groups in total. The van der Waals surface area contributed by atoms with Crippen LogP contribution in [0.2, 0.25) is 0 Å². The summed E-state index contributed by atoms with van der Waals surface area (Å²) in [4.78, 5) is 24.2. The maximum absolute atomic E-state index is 12.4. The summed E-state index contributed by atoms with van der Waals surface area (Å²) in [5.74, 6) is -2.05. The van der Waals surface area contributed by atoms with Crippen LogP contribution in [0.25, 0.3) is 0 Å². The lowest BCUT2D eigenvalue weighted by Crippen LogP contribution is -2.43. The second-order valence-electron chi connectivity index (χ2n) is 7.24. The zero-order chi connectivity index (χ0) is 20.0. The van der Waals surface area contributed by atoms with Crippen LogP contribution < -0.4 is 0 Å². The largest absolute Gasteiger partial charge is 0.479 e. The predicted molar refractivity (Wildman–Crippen MR) is 99.3 cm³/mol. The molecule has 1 aromatic carbocycles. The Balaban J connectivity index is 0.000000380. The summed E-state index contributed by atoms with van der Waals surface area (Å²) >= 11 is 0. The third-order valence-electron chi connectivity index (χ3n) is 5.36. The minimum Gasteiger partial charge on any atom is -0.479 e. The number of hydrogen-bond donors (Lipinski definition) is 3. The molecular weight excluding hydrogens is 350 g/mol. The highest BCUT2D eigenvalue weighted by Crippen LogP contribution is 2.36. The summed E-state index contributed by atoms with van der Waals surface area (Å²) in [6, 6.07) is 10.5. The monoisotopic (exact) mass is 379 g/mol. The highest BCUT2D eigenvalue weighted by Gasteiger charge is 2.40. The molecular formula is C20H29NO6. The number of ether oxygens (including phenoxy) is 1. The summed E-state index contributed by atoms with van der Waals surface area (Å²) in [5.41, 5.74) is 0.820. The van der Waals surface area contributed by atoms with E-state index in [0.29, 0.717) is 12.1 Å². The van der Waals surface area contributed by atoms with Crippen LogP contribution in [0.5, 0.6) is 0 Å². The Morgan fingerprint density at radius 2 is 1.70 bits per heavy atom. The van der Waals surface area contributed by atoms with E-state index in [1.807, 2.05) is 30.3 Å². The van der Waals surface area contributed by atoms with Gasteiger partial charge >= 0.3 is 11.9 Å². The number of carbonyl (C=O) groups is 2. The van der Waals surface area contributed by atoms with Crippen LogP contribution in [0, 0.1) is 0 Å². The second kappa shape index (κ2) is 9.82. The van der Waals surface area contributed by atoms with Crippen molar-refractivity contribution in [3.8, 4) is 0 Å². The van der Waals surface area contributed by atoms with E-state index in [2.05, 4.69) is 11.9 Å². The first-order chi connectivity index (χ1) is 12.8. The molecule has 0 aliphatic carbocycles. The number of rotatable bonds is 5. The van der Waals surface area contributed by atoms with E-state index in [4.69, 9.17) is 14.9 Å². The fraction of sp³-hybridized carbons (Fsp3) is 0.600. The van der Waals surface area contributed by atoms with E-state index in [9.17, 15) is 14.7 Å². The van der Waals surface area contributed by atoms with Crippen LogP contribution in [-0.2, 0) is 14.3 Å². The van der Waals surface area contributed by atoms with Crippen LogP contribution >= 0.6 is 0 Å². The quantitative estimate of drug-likeness (QED) is 0.664. The van der Waals surface area contributed by atoms with Crippen molar-refractivity contribution in [1.29, 1.82) is 0 Å². The van der Waals surface area contributed by atoms with E-state index < -0.39 is 18.0 Å². The smallest absolute Gasteiger partial charge is 0.332 e. The second-order valence-corrected chi connectivity index (χ2v) is 7.24. The standard InChI is InChI=1S/C17H23NO3.C3H6O3/c1-18-13-7-8-14(18)10-15(9-13)21-17(20)16(11-19)12-5-3-2-4-6-12;1-2(4)3(5)6/h2-6,13-16,19H,7-11H2,1H3;2,4H,1H3,(H,5,6)/t13-,14+,15+,16?;. The van der Waals surface area contributed by atoms with E-state index in [1.54, 1.807) is 0 Å². The number of carbonyl (C=O) groups excluding carboxylic acids is 1. The van der Waals surface area contributed by atoms with Crippen LogP contribution in [0.3, 0.4) is 0 Å². The van der Waals surface area contributed by atoms with Crippen molar-refractivity contribution in [2.24, 2.45) is 0 Å². The molecule has 2 unspecified atom stereocenters. The van der Waals surface area contributed by atoms with Gasteiger partial charge in [-0.3, -0.25) is 4.79 Å². The van der Waals surface area contributed by atoms with Crippen LogP contribution in [0.1, 0.15) is 44.1 Å². The van der Waals surface area contributed by atoms with E-state index in [0.717, 1.165) is 18.4 Å². The SMILES string of the molecule is CC(O)C(=O)O.CN1[C@@H]2CC[C@H]1C[C@@H](OC(=O)C(CO)c1ccccc1)C2. The minimum atomic E-state index is -1.23. The van der Waals surface area contributed by atoms with Gasteiger partial charge in [0.15, 0.2) is 0 Å². The Kier molecular flexibility index (Phi) is 7.77. The lowest BCUT2D eigenvalue weighted by molar-refractivity contribution is -0.155. The average Bonchev–Trinajstić information content (AvgIpc) is 2.84. The van der Waals surface area contributed by atoms with Crippen molar-refractivity contribution in [2.45, 2.75) is 62.8 Å². The number of carboxylic acid groups (broad SMARTS) is 1.